The van der Waals surface area contributed by atoms with E-state index in [9.17, 15) is 18.4 Å². The topological polar surface area (TPSA) is 55.4 Å². The summed E-state index contributed by atoms with van der Waals surface area (Å²) in [5, 5.41) is 3.08. The number of halogens is 4. The molecule has 0 aromatic heterocycles. The Kier molecular flexibility index (Phi) is 7.04. The van der Waals surface area contributed by atoms with Gasteiger partial charge in [0.25, 0.3) is 11.7 Å². The van der Waals surface area contributed by atoms with Crippen molar-refractivity contribution in [2.75, 3.05) is 11.9 Å². The Labute approximate surface area is 156 Å². The summed E-state index contributed by atoms with van der Waals surface area (Å²) in [6.45, 7) is -0.602. The zero-order valence-electron chi connectivity index (χ0n) is 12.5. The summed E-state index contributed by atoms with van der Waals surface area (Å²) in [5.74, 6) is -4.20. The van der Waals surface area contributed by atoms with Crippen LogP contribution in [-0.2, 0) is 9.53 Å². The zero-order valence-corrected chi connectivity index (χ0v) is 14.8. The third-order valence-electron chi connectivity index (χ3n) is 2.86. The molecular formula is C16H11Cl2F2NO3S. The number of rotatable bonds is 6. The van der Waals surface area contributed by atoms with Gasteiger partial charge in [0.1, 0.15) is 0 Å². The summed E-state index contributed by atoms with van der Waals surface area (Å²) in [4.78, 5) is 23.9. The molecule has 0 aliphatic heterocycles. The van der Waals surface area contributed by atoms with Gasteiger partial charge in [-0.3, -0.25) is 4.79 Å². The zero-order chi connectivity index (χ0) is 18.4. The Morgan fingerprint density at radius 1 is 1.16 bits per heavy atom. The van der Waals surface area contributed by atoms with Crippen molar-refractivity contribution in [3.8, 4) is 0 Å². The first-order valence-corrected chi connectivity index (χ1v) is 8.46. The van der Waals surface area contributed by atoms with Crippen molar-refractivity contribution >= 4 is 52.5 Å². The van der Waals surface area contributed by atoms with Crippen LogP contribution in [0.25, 0.3) is 0 Å². The van der Waals surface area contributed by atoms with Crippen molar-refractivity contribution in [3.05, 3.63) is 58.1 Å². The van der Waals surface area contributed by atoms with E-state index in [1.54, 1.807) is 6.07 Å². The molecule has 1 amide bonds. The minimum Gasteiger partial charge on any atom is -0.452 e. The second-order valence-corrected chi connectivity index (χ2v) is 6.50. The van der Waals surface area contributed by atoms with E-state index in [1.165, 1.54) is 36.4 Å². The van der Waals surface area contributed by atoms with E-state index in [0.29, 0.717) is 5.02 Å². The van der Waals surface area contributed by atoms with Crippen LogP contribution in [0.15, 0.2) is 47.4 Å². The molecule has 0 bridgehead atoms. The molecule has 1 N–H and O–H groups in total. The maximum absolute atomic E-state index is 12.5. The minimum atomic E-state index is -2.68. The van der Waals surface area contributed by atoms with Gasteiger partial charge in [-0.25, -0.2) is 4.79 Å². The van der Waals surface area contributed by atoms with E-state index in [-0.39, 0.29) is 32.9 Å². The van der Waals surface area contributed by atoms with Crippen molar-refractivity contribution in [1.82, 2.24) is 0 Å². The Hall–Kier alpha value is -1.83. The van der Waals surface area contributed by atoms with Gasteiger partial charge in [-0.2, -0.15) is 8.78 Å². The van der Waals surface area contributed by atoms with Gasteiger partial charge >= 0.3 is 5.97 Å². The second-order valence-electron chi connectivity index (χ2n) is 4.62. The van der Waals surface area contributed by atoms with Gasteiger partial charge in [-0.1, -0.05) is 47.1 Å². The number of hydrogen-bond donors (Lipinski definition) is 1. The molecule has 2 aromatic rings. The van der Waals surface area contributed by atoms with Crippen LogP contribution >= 0.6 is 35.0 Å². The molecule has 4 nitrogen and oxygen atoms in total. The van der Waals surface area contributed by atoms with E-state index in [1.807, 2.05) is 0 Å². The lowest BCUT2D eigenvalue weighted by Gasteiger charge is -2.10. The molecule has 9 heteroatoms. The lowest BCUT2D eigenvalue weighted by Crippen LogP contribution is -2.21. The summed E-state index contributed by atoms with van der Waals surface area (Å²) in [7, 11) is 0. The molecule has 2 rings (SSSR count). The highest BCUT2D eigenvalue weighted by atomic mass is 35.5. The summed E-state index contributed by atoms with van der Waals surface area (Å²) in [6.07, 6.45) is 0. The second kappa shape index (κ2) is 9.03. The third-order valence-corrected chi connectivity index (χ3v) is 4.21. The van der Waals surface area contributed by atoms with Gasteiger partial charge in [0.2, 0.25) is 0 Å². The third kappa shape index (κ3) is 5.88. The van der Waals surface area contributed by atoms with Crippen LogP contribution < -0.4 is 5.32 Å². The van der Waals surface area contributed by atoms with Crippen LogP contribution in [0, 0.1) is 0 Å². The van der Waals surface area contributed by atoms with E-state index in [4.69, 9.17) is 27.9 Å². The Morgan fingerprint density at radius 3 is 2.60 bits per heavy atom. The predicted molar refractivity (Wildman–Crippen MR) is 93.7 cm³/mol. The normalized spacial score (nSPS) is 10.6. The first kappa shape index (κ1) is 19.5. The van der Waals surface area contributed by atoms with Crippen molar-refractivity contribution in [3.63, 3.8) is 0 Å². The fourth-order valence-corrected chi connectivity index (χ4v) is 2.79. The molecule has 0 radical (unpaired) electrons. The number of ether oxygens (including phenoxy) is 1. The SMILES string of the molecule is O=C(COC(=O)c1ccccc1SC(F)F)Nc1cc(Cl)ccc1Cl. The highest BCUT2D eigenvalue weighted by molar-refractivity contribution is 7.99. The number of amides is 1. The van der Waals surface area contributed by atoms with Crippen LogP contribution in [-0.4, -0.2) is 24.2 Å². The molecule has 0 spiro atoms. The number of carbonyl (C=O) groups excluding carboxylic acids is 2. The first-order valence-electron chi connectivity index (χ1n) is 6.82. The largest absolute Gasteiger partial charge is 0.452 e. The van der Waals surface area contributed by atoms with E-state index in [0.717, 1.165) is 0 Å². The van der Waals surface area contributed by atoms with Crippen LogP contribution in [0.1, 0.15) is 10.4 Å². The molecule has 0 aliphatic carbocycles. The summed E-state index contributed by atoms with van der Waals surface area (Å²) in [6, 6.07) is 10.3. The summed E-state index contributed by atoms with van der Waals surface area (Å²) in [5.41, 5.74) is 0.227. The molecule has 132 valence electrons. The smallest absolute Gasteiger partial charge is 0.339 e. The number of thioether (sulfide) groups is 1. The number of alkyl halides is 2. The van der Waals surface area contributed by atoms with E-state index in [2.05, 4.69) is 5.32 Å². The molecule has 0 heterocycles. The number of hydrogen-bond acceptors (Lipinski definition) is 4. The lowest BCUT2D eigenvalue weighted by atomic mass is 10.2. The molecule has 0 saturated carbocycles. The number of anilines is 1. The van der Waals surface area contributed by atoms with E-state index < -0.39 is 24.2 Å². The number of benzene rings is 2. The maximum atomic E-state index is 12.5. The Bertz CT molecular complexity index is 790. The van der Waals surface area contributed by atoms with Crippen LogP contribution in [0.4, 0.5) is 14.5 Å². The van der Waals surface area contributed by atoms with Gasteiger partial charge in [-0.05, 0) is 30.3 Å². The summed E-state index contributed by atoms with van der Waals surface area (Å²) >= 11 is 11.9. The molecule has 0 saturated heterocycles. The fraction of sp³-hybridized carbons (Fsp3) is 0.125. The van der Waals surface area contributed by atoms with Crippen molar-refractivity contribution in [2.24, 2.45) is 0 Å². The quantitative estimate of drug-likeness (QED) is 0.536. The number of carbonyl (C=O) groups is 2. The van der Waals surface area contributed by atoms with Gasteiger partial charge in [0, 0.05) is 9.92 Å². The average molecular weight is 406 g/mol. The molecular weight excluding hydrogens is 395 g/mol. The Balaban J connectivity index is 1.98. The maximum Gasteiger partial charge on any atom is 0.339 e. The van der Waals surface area contributed by atoms with Gasteiger partial charge < -0.3 is 10.1 Å². The van der Waals surface area contributed by atoms with Crippen LogP contribution in [0.3, 0.4) is 0 Å². The van der Waals surface area contributed by atoms with Gasteiger partial charge in [0.05, 0.1) is 16.3 Å². The number of esters is 1. The summed E-state index contributed by atoms with van der Waals surface area (Å²) < 4.78 is 29.9. The average Bonchev–Trinajstić information content (AvgIpc) is 2.56. The molecule has 2 aromatic carbocycles. The van der Waals surface area contributed by atoms with Crippen molar-refractivity contribution in [2.45, 2.75) is 10.7 Å². The molecule has 0 aliphatic rings. The van der Waals surface area contributed by atoms with Crippen molar-refractivity contribution in [1.29, 1.82) is 0 Å². The van der Waals surface area contributed by atoms with Crippen LogP contribution in [0.2, 0.25) is 10.0 Å². The van der Waals surface area contributed by atoms with Gasteiger partial charge in [-0.15, -0.1) is 0 Å². The Morgan fingerprint density at radius 2 is 1.88 bits per heavy atom. The molecule has 25 heavy (non-hydrogen) atoms. The first-order chi connectivity index (χ1) is 11.9. The van der Waals surface area contributed by atoms with E-state index >= 15 is 0 Å². The molecule has 0 fully saturated rings. The monoisotopic (exact) mass is 405 g/mol. The minimum absolute atomic E-state index is 0.0404. The standard InChI is InChI=1S/C16H11Cl2F2NO3S/c17-9-5-6-11(18)12(7-9)21-14(22)8-24-15(23)10-3-1-2-4-13(10)25-16(19)20/h1-7,16H,8H2,(H,21,22). The molecule has 0 unspecified atom stereocenters. The molecule has 0 atom stereocenters. The highest BCUT2D eigenvalue weighted by Crippen LogP contribution is 2.29. The predicted octanol–water partition coefficient (Wildman–Crippen LogP) is 5.10. The lowest BCUT2D eigenvalue weighted by molar-refractivity contribution is -0.119. The fourth-order valence-electron chi connectivity index (χ4n) is 1.82. The van der Waals surface area contributed by atoms with Gasteiger partial charge in [0.15, 0.2) is 6.61 Å². The number of nitrogens with one attached hydrogen (secondary N) is 1. The van der Waals surface area contributed by atoms with Crippen LogP contribution in [0.5, 0.6) is 0 Å². The van der Waals surface area contributed by atoms with Crippen molar-refractivity contribution < 1.29 is 23.1 Å². The highest BCUT2D eigenvalue weighted by Gasteiger charge is 2.17.